The Labute approximate surface area is 146 Å². The lowest BCUT2D eigenvalue weighted by Crippen LogP contribution is -2.11. The summed E-state index contributed by atoms with van der Waals surface area (Å²) < 4.78 is 10.4. The molecule has 0 atom stereocenters. The Balaban J connectivity index is 2.14. The van der Waals surface area contributed by atoms with Crippen LogP contribution < -0.4 is 15.2 Å². The van der Waals surface area contributed by atoms with E-state index in [1.807, 2.05) is 48.5 Å². The minimum atomic E-state index is -0.511. The van der Waals surface area contributed by atoms with E-state index in [-0.39, 0.29) is 0 Å². The highest BCUT2D eigenvalue weighted by molar-refractivity contribution is 5.95. The maximum Gasteiger partial charge on any atom is 0.250 e. The van der Waals surface area contributed by atoms with Crippen LogP contribution in [-0.4, -0.2) is 25.1 Å². The van der Waals surface area contributed by atoms with Crippen LogP contribution in [0.1, 0.15) is 10.4 Å². The first-order valence-electron chi connectivity index (χ1n) is 7.71. The van der Waals surface area contributed by atoms with Gasteiger partial charge in [0, 0.05) is 17.3 Å². The van der Waals surface area contributed by atoms with Crippen LogP contribution in [0.5, 0.6) is 11.5 Å². The normalized spacial score (nSPS) is 10.3. The second-order valence-electron chi connectivity index (χ2n) is 5.44. The molecule has 0 unspecified atom stereocenters. The molecule has 0 saturated heterocycles. The first-order chi connectivity index (χ1) is 12.1. The number of hydrogen-bond acceptors (Lipinski definition) is 4. The van der Waals surface area contributed by atoms with Crippen molar-refractivity contribution in [1.82, 2.24) is 4.98 Å². The number of methoxy groups -OCH3 is 2. The molecule has 0 spiro atoms. The van der Waals surface area contributed by atoms with Gasteiger partial charge in [-0.15, -0.1) is 0 Å². The molecule has 5 heteroatoms. The summed E-state index contributed by atoms with van der Waals surface area (Å²) in [5.41, 5.74) is 9.20. The van der Waals surface area contributed by atoms with E-state index >= 15 is 0 Å². The molecular formula is C20H18N2O3. The molecular weight excluding hydrogens is 316 g/mol. The fourth-order valence-electron chi connectivity index (χ4n) is 2.57. The third-order valence-electron chi connectivity index (χ3n) is 3.94. The lowest BCUT2D eigenvalue weighted by atomic mass is 9.97. The second-order valence-corrected chi connectivity index (χ2v) is 5.44. The van der Waals surface area contributed by atoms with E-state index in [9.17, 15) is 4.79 Å². The van der Waals surface area contributed by atoms with Crippen molar-refractivity contribution in [3.63, 3.8) is 0 Å². The molecule has 1 amide bonds. The third-order valence-corrected chi connectivity index (χ3v) is 3.94. The van der Waals surface area contributed by atoms with Crippen LogP contribution >= 0.6 is 0 Å². The average Bonchev–Trinajstić information content (AvgIpc) is 2.67. The van der Waals surface area contributed by atoms with Gasteiger partial charge in [-0.05, 0) is 48.0 Å². The van der Waals surface area contributed by atoms with Crippen LogP contribution in [0.25, 0.3) is 22.4 Å². The fourth-order valence-corrected chi connectivity index (χ4v) is 2.57. The maximum absolute atomic E-state index is 11.6. The fraction of sp³-hybridized carbons (Fsp3) is 0.100. The zero-order valence-corrected chi connectivity index (χ0v) is 14.0. The molecule has 1 heterocycles. The Hall–Kier alpha value is -3.34. The van der Waals surface area contributed by atoms with Crippen molar-refractivity contribution in [1.29, 1.82) is 0 Å². The lowest BCUT2D eigenvalue weighted by Gasteiger charge is -2.12. The number of rotatable bonds is 5. The monoisotopic (exact) mass is 334 g/mol. The number of nitrogens with two attached hydrogens (primary N) is 1. The minimum absolute atomic E-state index is 0.364. The average molecular weight is 334 g/mol. The van der Waals surface area contributed by atoms with E-state index < -0.39 is 5.91 Å². The van der Waals surface area contributed by atoms with Gasteiger partial charge in [-0.25, -0.2) is 0 Å². The highest BCUT2D eigenvalue weighted by Crippen LogP contribution is 2.32. The number of ether oxygens (including phenoxy) is 2. The van der Waals surface area contributed by atoms with E-state index in [1.54, 1.807) is 20.3 Å². The van der Waals surface area contributed by atoms with Crippen LogP contribution in [0.4, 0.5) is 0 Å². The number of hydrogen-bond donors (Lipinski definition) is 1. The van der Waals surface area contributed by atoms with Gasteiger partial charge < -0.3 is 15.2 Å². The first kappa shape index (κ1) is 16.5. The molecule has 126 valence electrons. The lowest BCUT2D eigenvalue weighted by molar-refractivity contribution is 0.1000. The van der Waals surface area contributed by atoms with Gasteiger partial charge >= 0.3 is 0 Å². The third kappa shape index (κ3) is 3.45. The predicted molar refractivity (Wildman–Crippen MR) is 96.7 cm³/mol. The van der Waals surface area contributed by atoms with Crippen molar-refractivity contribution >= 4 is 5.91 Å². The first-order valence-corrected chi connectivity index (χ1v) is 7.71. The predicted octanol–water partition coefficient (Wildman–Crippen LogP) is 3.53. The number of primary amides is 1. The van der Waals surface area contributed by atoms with Crippen molar-refractivity contribution in [2.45, 2.75) is 0 Å². The molecule has 0 fully saturated rings. The highest BCUT2D eigenvalue weighted by Gasteiger charge is 2.13. The van der Waals surface area contributed by atoms with Crippen molar-refractivity contribution in [2.75, 3.05) is 14.2 Å². The van der Waals surface area contributed by atoms with Crippen LogP contribution in [0.15, 0.2) is 60.8 Å². The van der Waals surface area contributed by atoms with Gasteiger partial charge in [-0.1, -0.05) is 12.1 Å². The summed E-state index contributed by atoms with van der Waals surface area (Å²) >= 11 is 0. The maximum atomic E-state index is 11.6. The largest absolute Gasteiger partial charge is 0.497 e. The van der Waals surface area contributed by atoms with Crippen molar-refractivity contribution < 1.29 is 14.3 Å². The van der Waals surface area contributed by atoms with Gasteiger partial charge in [-0.2, -0.15) is 0 Å². The van der Waals surface area contributed by atoms with Crippen LogP contribution in [-0.2, 0) is 0 Å². The van der Waals surface area contributed by atoms with E-state index in [2.05, 4.69) is 4.98 Å². The van der Waals surface area contributed by atoms with E-state index in [1.165, 1.54) is 6.20 Å². The molecule has 3 aromatic rings. The number of nitrogens with zero attached hydrogens (tertiary/aromatic N) is 1. The Kier molecular flexibility index (Phi) is 4.66. The van der Waals surface area contributed by atoms with Crippen molar-refractivity contribution in [3.8, 4) is 33.9 Å². The van der Waals surface area contributed by atoms with E-state index in [0.29, 0.717) is 5.56 Å². The summed E-state index contributed by atoms with van der Waals surface area (Å²) in [4.78, 5) is 16.0. The standard InChI is InChI=1S/C20H18N2O3/c1-24-16-7-3-13(4-8-16)18-11-15(20(21)23)12-22-19(18)14-5-9-17(25-2)10-6-14/h3-12H,1-2H3,(H2,21,23). The molecule has 0 radical (unpaired) electrons. The topological polar surface area (TPSA) is 74.4 Å². The van der Waals surface area contributed by atoms with Crippen LogP contribution in [0, 0.1) is 0 Å². The van der Waals surface area contributed by atoms with Crippen molar-refractivity contribution in [3.05, 3.63) is 66.4 Å². The number of benzene rings is 2. The van der Waals surface area contributed by atoms with E-state index in [0.717, 1.165) is 33.9 Å². The zero-order valence-electron chi connectivity index (χ0n) is 14.0. The summed E-state index contributed by atoms with van der Waals surface area (Å²) in [7, 11) is 3.24. The number of amides is 1. The highest BCUT2D eigenvalue weighted by atomic mass is 16.5. The molecule has 0 aliphatic rings. The van der Waals surface area contributed by atoms with Crippen LogP contribution in [0.2, 0.25) is 0 Å². The molecule has 1 aromatic heterocycles. The molecule has 0 aliphatic heterocycles. The molecule has 25 heavy (non-hydrogen) atoms. The minimum Gasteiger partial charge on any atom is -0.497 e. The summed E-state index contributed by atoms with van der Waals surface area (Å²) in [6.07, 6.45) is 1.49. The van der Waals surface area contributed by atoms with Gasteiger partial charge in [0.25, 0.3) is 0 Å². The molecule has 0 bridgehead atoms. The van der Waals surface area contributed by atoms with Gasteiger partial charge in [-0.3, -0.25) is 9.78 Å². The molecule has 5 nitrogen and oxygen atoms in total. The van der Waals surface area contributed by atoms with Gasteiger partial charge in [0.05, 0.1) is 25.5 Å². The van der Waals surface area contributed by atoms with Gasteiger partial charge in [0.15, 0.2) is 0 Å². The number of aromatic nitrogens is 1. The molecule has 0 saturated carbocycles. The molecule has 0 aliphatic carbocycles. The number of carbonyl (C=O) groups is 1. The summed E-state index contributed by atoms with van der Waals surface area (Å²) in [5, 5.41) is 0. The SMILES string of the molecule is COc1ccc(-c2cc(C(N)=O)cnc2-c2ccc(OC)cc2)cc1. The Morgan fingerprint density at radius 2 is 1.40 bits per heavy atom. The Bertz CT molecular complexity index is 888. The van der Waals surface area contributed by atoms with Gasteiger partial charge in [0.1, 0.15) is 11.5 Å². The summed E-state index contributed by atoms with van der Waals surface area (Å²) in [6.45, 7) is 0. The molecule has 2 aromatic carbocycles. The number of pyridine rings is 1. The smallest absolute Gasteiger partial charge is 0.250 e. The van der Waals surface area contributed by atoms with Gasteiger partial charge in [0.2, 0.25) is 5.91 Å². The summed E-state index contributed by atoms with van der Waals surface area (Å²) in [5.74, 6) is 1.01. The zero-order chi connectivity index (χ0) is 17.8. The molecule has 2 N–H and O–H groups in total. The second kappa shape index (κ2) is 7.05. The molecule has 3 rings (SSSR count). The van der Waals surface area contributed by atoms with E-state index in [4.69, 9.17) is 15.2 Å². The van der Waals surface area contributed by atoms with Crippen LogP contribution in [0.3, 0.4) is 0 Å². The van der Waals surface area contributed by atoms with Crippen molar-refractivity contribution in [2.24, 2.45) is 5.73 Å². The Morgan fingerprint density at radius 3 is 1.88 bits per heavy atom. The number of carbonyl (C=O) groups excluding carboxylic acids is 1. The summed E-state index contributed by atoms with van der Waals surface area (Å²) in [6, 6.07) is 16.9. The quantitative estimate of drug-likeness (QED) is 0.774. The Morgan fingerprint density at radius 1 is 0.880 bits per heavy atom.